The smallest absolute Gasteiger partial charge is 0.180 e. The molecule has 2 heterocycles. The molecule has 0 aliphatic rings. The molecule has 0 fully saturated rings. The molecule has 2 aromatic heterocycles. The first-order chi connectivity index (χ1) is 8.65. The fourth-order valence-electron chi connectivity index (χ4n) is 1.99. The van der Waals surface area contributed by atoms with E-state index < -0.39 is 0 Å². The highest BCUT2D eigenvalue weighted by atomic mass is 35.5. The Morgan fingerprint density at radius 1 is 1.39 bits per heavy atom. The van der Waals surface area contributed by atoms with E-state index in [1.807, 2.05) is 35.2 Å². The van der Waals surface area contributed by atoms with Crippen molar-refractivity contribution in [2.45, 2.75) is 6.42 Å². The van der Waals surface area contributed by atoms with Crippen LogP contribution in [0.3, 0.4) is 0 Å². The van der Waals surface area contributed by atoms with E-state index in [1.54, 1.807) is 0 Å². The van der Waals surface area contributed by atoms with Crippen LogP contribution < -0.4 is 5.73 Å². The number of hydrogen-bond donors (Lipinski definition) is 1. The van der Waals surface area contributed by atoms with Crippen molar-refractivity contribution in [3.05, 3.63) is 40.1 Å². The van der Waals surface area contributed by atoms with Crippen molar-refractivity contribution in [3.63, 3.8) is 0 Å². The van der Waals surface area contributed by atoms with Gasteiger partial charge in [0.15, 0.2) is 5.13 Å². The van der Waals surface area contributed by atoms with E-state index in [4.69, 9.17) is 17.3 Å². The SMILES string of the molecule is Cn1c(Cc2csc(N)n2)nc2cccc(Cl)c21. The summed E-state index contributed by atoms with van der Waals surface area (Å²) in [6.07, 6.45) is 0.662. The van der Waals surface area contributed by atoms with Crippen LogP contribution in [-0.2, 0) is 13.5 Å². The molecule has 3 rings (SSSR count). The van der Waals surface area contributed by atoms with Gasteiger partial charge in [0.05, 0.1) is 21.7 Å². The molecule has 0 amide bonds. The molecular formula is C12H11ClN4S. The summed E-state index contributed by atoms with van der Waals surface area (Å²) in [6, 6.07) is 5.73. The number of imidazole rings is 1. The summed E-state index contributed by atoms with van der Waals surface area (Å²) in [7, 11) is 1.96. The van der Waals surface area contributed by atoms with Gasteiger partial charge in [-0.15, -0.1) is 11.3 Å². The molecule has 0 saturated carbocycles. The van der Waals surface area contributed by atoms with Crippen LogP contribution in [0.2, 0.25) is 5.02 Å². The highest BCUT2D eigenvalue weighted by molar-refractivity contribution is 7.13. The van der Waals surface area contributed by atoms with Gasteiger partial charge < -0.3 is 10.3 Å². The molecule has 92 valence electrons. The van der Waals surface area contributed by atoms with Gasteiger partial charge in [0, 0.05) is 18.8 Å². The van der Waals surface area contributed by atoms with Crippen molar-refractivity contribution >= 4 is 39.1 Å². The number of rotatable bonds is 2. The second-order valence-electron chi connectivity index (χ2n) is 4.05. The number of nitrogen functional groups attached to an aromatic ring is 1. The Labute approximate surface area is 113 Å². The maximum atomic E-state index is 6.19. The zero-order chi connectivity index (χ0) is 12.7. The average molecular weight is 279 g/mol. The lowest BCUT2D eigenvalue weighted by molar-refractivity contribution is 0.836. The molecule has 2 N–H and O–H groups in total. The Morgan fingerprint density at radius 2 is 2.22 bits per heavy atom. The third-order valence-electron chi connectivity index (χ3n) is 2.85. The molecule has 0 unspecified atom stereocenters. The van der Waals surface area contributed by atoms with Crippen molar-refractivity contribution in [2.75, 3.05) is 5.73 Å². The number of fused-ring (bicyclic) bond motifs is 1. The summed E-state index contributed by atoms with van der Waals surface area (Å²) in [5.41, 5.74) is 8.43. The molecule has 3 aromatic rings. The van der Waals surface area contributed by atoms with Gasteiger partial charge in [-0.1, -0.05) is 17.7 Å². The first-order valence-electron chi connectivity index (χ1n) is 5.45. The lowest BCUT2D eigenvalue weighted by Crippen LogP contribution is -1.99. The number of para-hydroxylation sites is 1. The lowest BCUT2D eigenvalue weighted by atomic mass is 10.3. The van der Waals surface area contributed by atoms with Crippen LogP contribution in [0.4, 0.5) is 5.13 Å². The maximum Gasteiger partial charge on any atom is 0.180 e. The van der Waals surface area contributed by atoms with Crippen LogP contribution >= 0.6 is 22.9 Å². The molecule has 0 bridgehead atoms. The molecule has 4 nitrogen and oxygen atoms in total. The fraction of sp³-hybridized carbons (Fsp3) is 0.167. The number of halogens is 1. The van der Waals surface area contributed by atoms with Crippen LogP contribution in [0.25, 0.3) is 11.0 Å². The van der Waals surface area contributed by atoms with Gasteiger partial charge in [0.2, 0.25) is 0 Å². The second kappa shape index (κ2) is 4.26. The van der Waals surface area contributed by atoms with E-state index in [-0.39, 0.29) is 0 Å². The molecule has 0 saturated heterocycles. The minimum atomic E-state index is 0.585. The minimum Gasteiger partial charge on any atom is -0.375 e. The van der Waals surface area contributed by atoms with E-state index in [9.17, 15) is 0 Å². The lowest BCUT2D eigenvalue weighted by Gasteiger charge is -2.01. The van der Waals surface area contributed by atoms with Gasteiger partial charge >= 0.3 is 0 Å². The summed E-state index contributed by atoms with van der Waals surface area (Å²) in [4.78, 5) is 8.83. The molecule has 1 aromatic carbocycles. The largest absolute Gasteiger partial charge is 0.375 e. The summed E-state index contributed by atoms with van der Waals surface area (Å²) >= 11 is 7.63. The van der Waals surface area contributed by atoms with Gasteiger partial charge in [0.1, 0.15) is 5.82 Å². The van der Waals surface area contributed by atoms with Crippen LogP contribution in [0.5, 0.6) is 0 Å². The summed E-state index contributed by atoms with van der Waals surface area (Å²) in [6.45, 7) is 0. The Kier molecular flexibility index (Phi) is 2.72. The van der Waals surface area contributed by atoms with Crippen LogP contribution in [0.1, 0.15) is 11.5 Å². The van der Waals surface area contributed by atoms with Crippen molar-refractivity contribution < 1.29 is 0 Å². The minimum absolute atomic E-state index is 0.585. The average Bonchev–Trinajstić information content (AvgIpc) is 2.86. The first-order valence-corrected chi connectivity index (χ1v) is 6.70. The van der Waals surface area contributed by atoms with E-state index in [1.165, 1.54) is 11.3 Å². The Bertz CT molecular complexity index is 716. The van der Waals surface area contributed by atoms with Gasteiger partial charge in [0.25, 0.3) is 0 Å². The predicted molar refractivity (Wildman–Crippen MR) is 75.1 cm³/mol. The normalized spacial score (nSPS) is 11.2. The number of nitrogens with two attached hydrogens (primary N) is 1. The molecule has 18 heavy (non-hydrogen) atoms. The van der Waals surface area contributed by atoms with Crippen LogP contribution in [-0.4, -0.2) is 14.5 Å². The van der Waals surface area contributed by atoms with Crippen LogP contribution in [0.15, 0.2) is 23.6 Å². The third kappa shape index (κ3) is 1.85. The summed E-state index contributed by atoms with van der Waals surface area (Å²) in [5, 5.41) is 3.25. The van der Waals surface area contributed by atoms with E-state index in [0.29, 0.717) is 16.6 Å². The Balaban J connectivity index is 2.07. The van der Waals surface area contributed by atoms with Gasteiger partial charge in [-0.25, -0.2) is 9.97 Å². The zero-order valence-electron chi connectivity index (χ0n) is 9.72. The molecule has 0 radical (unpaired) electrons. The number of hydrogen-bond acceptors (Lipinski definition) is 4. The monoisotopic (exact) mass is 278 g/mol. The van der Waals surface area contributed by atoms with Gasteiger partial charge in [-0.05, 0) is 12.1 Å². The van der Waals surface area contributed by atoms with Gasteiger partial charge in [-0.3, -0.25) is 0 Å². The molecule has 0 aliphatic carbocycles. The summed E-state index contributed by atoms with van der Waals surface area (Å²) < 4.78 is 2.01. The number of aromatic nitrogens is 3. The Morgan fingerprint density at radius 3 is 2.89 bits per heavy atom. The molecule has 0 atom stereocenters. The van der Waals surface area contributed by atoms with Crippen molar-refractivity contribution in [3.8, 4) is 0 Å². The number of anilines is 1. The van der Waals surface area contributed by atoms with Crippen molar-refractivity contribution in [1.29, 1.82) is 0 Å². The zero-order valence-corrected chi connectivity index (χ0v) is 11.3. The predicted octanol–water partition coefficient (Wildman–Crippen LogP) is 2.86. The van der Waals surface area contributed by atoms with Crippen LogP contribution in [0, 0.1) is 0 Å². The van der Waals surface area contributed by atoms with Crippen molar-refractivity contribution in [2.24, 2.45) is 7.05 Å². The highest BCUT2D eigenvalue weighted by Gasteiger charge is 2.12. The highest BCUT2D eigenvalue weighted by Crippen LogP contribution is 2.24. The Hall–Kier alpha value is -1.59. The quantitative estimate of drug-likeness (QED) is 0.784. The standard InChI is InChI=1S/C12H11ClN4S/c1-17-10(5-7-6-18-12(14)15-7)16-9-4-2-3-8(13)11(9)17/h2-4,6H,5H2,1H3,(H2,14,15). The number of thiazole rings is 1. The fourth-order valence-corrected chi connectivity index (χ4v) is 2.85. The van der Waals surface area contributed by atoms with Crippen molar-refractivity contribution in [1.82, 2.24) is 14.5 Å². The maximum absolute atomic E-state index is 6.19. The third-order valence-corrected chi connectivity index (χ3v) is 3.87. The molecular weight excluding hydrogens is 268 g/mol. The summed E-state index contributed by atoms with van der Waals surface area (Å²) in [5.74, 6) is 0.934. The van der Waals surface area contributed by atoms with E-state index in [0.717, 1.165) is 22.6 Å². The molecule has 6 heteroatoms. The molecule has 0 spiro atoms. The topological polar surface area (TPSA) is 56.7 Å². The molecule has 0 aliphatic heterocycles. The van der Waals surface area contributed by atoms with Gasteiger partial charge in [-0.2, -0.15) is 0 Å². The second-order valence-corrected chi connectivity index (χ2v) is 5.35. The number of aryl methyl sites for hydroxylation is 1. The number of benzene rings is 1. The van der Waals surface area contributed by atoms with E-state index >= 15 is 0 Å². The van der Waals surface area contributed by atoms with E-state index in [2.05, 4.69) is 9.97 Å². The first kappa shape index (κ1) is 11.5. The number of nitrogens with zero attached hydrogens (tertiary/aromatic N) is 3.